The third-order valence-corrected chi connectivity index (χ3v) is 5.37. The van der Waals surface area contributed by atoms with E-state index in [4.69, 9.17) is 19.9 Å². The van der Waals surface area contributed by atoms with Crippen molar-refractivity contribution in [3.63, 3.8) is 0 Å². The molecule has 7 heteroatoms. The normalized spacial score (nSPS) is 13.0. The number of hydrogen-bond acceptors (Lipinski definition) is 6. The van der Waals surface area contributed by atoms with Crippen molar-refractivity contribution in [2.45, 2.75) is 59.5 Å². The highest BCUT2D eigenvalue weighted by molar-refractivity contribution is 6.04. The lowest BCUT2D eigenvalue weighted by Crippen LogP contribution is -2.24. The summed E-state index contributed by atoms with van der Waals surface area (Å²) in [6, 6.07) is 11.2. The Morgan fingerprint density at radius 1 is 1.00 bits per heavy atom. The molecule has 7 nitrogen and oxygen atoms in total. The lowest BCUT2D eigenvalue weighted by molar-refractivity contribution is -0.113. The Bertz CT molecular complexity index is 1010. The molecule has 0 aliphatic rings. The van der Waals surface area contributed by atoms with Gasteiger partial charge in [0.05, 0.1) is 31.7 Å². The Kier molecular flexibility index (Phi) is 8.63. The van der Waals surface area contributed by atoms with Crippen LogP contribution in [0.5, 0.6) is 17.2 Å². The molecule has 0 saturated heterocycles. The van der Waals surface area contributed by atoms with Crippen molar-refractivity contribution in [3.8, 4) is 17.2 Å². The molecule has 4 N–H and O–H groups in total. The average molecular weight is 456 g/mol. The zero-order valence-corrected chi connectivity index (χ0v) is 21.0. The minimum atomic E-state index is -0.429. The molecule has 0 radical (unpaired) electrons. The molecule has 0 bridgehead atoms. The van der Waals surface area contributed by atoms with Gasteiger partial charge in [0.25, 0.3) is 5.91 Å². The molecule has 0 spiro atoms. The minimum Gasteiger partial charge on any atom is -0.497 e. The second-order valence-electron chi connectivity index (χ2n) is 8.98. The van der Waals surface area contributed by atoms with Gasteiger partial charge in [0.1, 0.15) is 22.9 Å². The maximum atomic E-state index is 13.0. The van der Waals surface area contributed by atoms with E-state index in [1.807, 2.05) is 25.1 Å². The third-order valence-electron chi connectivity index (χ3n) is 5.37. The highest BCUT2D eigenvalue weighted by atomic mass is 16.5. The Hall–Kier alpha value is -3.35. The number of carbonyl (C=O) groups excluding carboxylic acids is 1. The first-order valence-electron chi connectivity index (χ1n) is 11.1. The van der Waals surface area contributed by atoms with Crippen molar-refractivity contribution in [1.82, 2.24) is 0 Å². The first-order valence-corrected chi connectivity index (χ1v) is 11.1. The number of carbonyl (C=O) groups is 1. The molecule has 2 rings (SSSR count). The number of nitrogens with one attached hydrogen (secondary N) is 2. The van der Waals surface area contributed by atoms with Crippen LogP contribution in [0.25, 0.3) is 0 Å². The fraction of sp³-hybridized carbons (Fsp3) is 0.423. The van der Waals surface area contributed by atoms with Gasteiger partial charge in [-0.05, 0) is 55.5 Å². The summed E-state index contributed by atoms with van der Waals surface area (Å²) in [5, 5.41) is 6.08. The molecule has 0 aliphatic heterocycles. The van der Waals surface area contributed by atoms with Crippen LogP contribution < -0.4 is 30.6 Å². The highest BCUT2D eigenvalue weighted by Gasteiger charge is 2.19. The molecule has 0 aromatic heterocycles. The first-order chi connectivity index (χ1) is 15.5. The van der Waals surface area contributed by atoms with Gasteiger partial charge < -0.3 is 30.6 Å². The fourth-order valence-electron chi connectivity index (χ4n) is 3.04. The zero-order chi connectivity index (χ0) is 24.8. The van der Waals surface area contributed by atoms with Crippen LogP contribution in [0.2, 0.25) is 0 Å². The van der Waals surface area contributed by atoms with Crippen molar-refractivity contribution in [2.24, 2.45) is 5.73 Å². The molecule has 1 atom stereocenters. The summed E-state index contributed by atoms with van der Waals surface area (Å²) in [5.74, 6) is 1.44. The van der Waals surface area contributed by atoms with Gasteiger partial charge in [-0.2, -0.15) is 0 Å². The number of rotatable bonds is 9. The average Bonchev–Trinajstić information content (AvgIpc) is 2.78. The Morgan fingerprint density at radius 2 is 1.64 bits per heavy atom. The van der Waals surface area contributed by atoms with E-state index in [2.05, 4.69) is 38.3 Å². The molecule has 2 aromatic carbocycles. The maximum Gasteiger partial charge on any atom is 0.273 e. The summed E-state index contributed by atoms with van der Waals surface area (Å²) in [5.41, 5.74) is 8.96. The van der Waals surface area contributed by atoms with Gasteiger partial charge in [-0.25, -0.2) is 0 Å². The summed E-state index contributed by atoms with van der Waals surface area (Å²) in [6.07, 6.45) is 0.861. The van der Waals surface area contributed by atoms with E-state index in [9.17, 15) is 4.79 Å². The standard InChI is InChI=1S/C26H37N3O4/c1-9-16(2)33-23-12-10-18(26(4,5)6)14-20(23)29-25(30)24(27)17(3)28-21-15-19(31-7)11-13-22(21)32-8/h10-16,28H,9,27H2,1-8H3,(H,29,30)/b24-17-. The number of benzene rings is 2. The van der Waals surface area contributed by atoms with E-state index in [0.717, 1.165) is 12.0 Å². The van der Waals surface area contributed by atoms with E-state index >= 15 is 0 Å². The predicted molar refractivity (Wildman–Crippen MR) is 134 cm³/mol. The van der Waals surface area contributed by atoms with Crippen LogP contribution in [-0.2, 0) is 10.2 Å². The summed E-state index contributed by atoms with van der Waals surface area (Å²) in [4.78, 5) is 13.0. The van der Waals surface area contributed by atoms with Crippen molar-refractivity contribution in [1.29, 1.82) is 0 Å². The van der Waals surface area contributed by atoms with E-state index in [0.29, 0.717) is 34.3 Å². The van der Waals surface area contributed by atoms with Gasteiger partial charge in [0.15, 0.2) is 0 Å². The quantitative estimate of drug-likeness (QED) is 0.437. The van der Waals surface area contributed by atoms with Crippen LogP contribution in [0.1, 0.15) is 53.5 Å². The van der Waals surface area contributed by atoms with Crippen LogP contribution in [0.4, 0.5) is 11.4 Å². The van der Waals surface area contributed by atoms with Crippen molar-refractivity contribution in [2.75, 3.05) is 24.9 Å². The molecular formula is C26H37N3O4. The molecule has 180 valence electrons. The van der Waals surface area contributed by atoms with Crippen LogP contribution in [0, 0.1) is 0 Å². The number of anilines is 2. The fourth-order valence-corrected chi connectivity index (χ4v) is 3.04. The number of amides is 1. The number of ether oxygens (including phenoxy) is 3. The Balaban J connectivity index is 2.34. The van der Waals surface area contributed by atoms with Gasteiger partial charge in [0, 0.05) is 11.8 Å². The molecule has 0 saturated carbocycles. The molecule has 1 amide bonds. The van der Waals surface area contributed by atoms with Crippen molar-refractivity contribution >= 4 is 17.3 Å². The molecular weight excluding hydrogens is 418 g/mol. The molecule has 0 heterocycles. The summed E-state index contributed by atoms with van der Waals surface area (Å²) < 4.78 is 16.7. The largest absolute Gasteiger partial charge is 0.497 e. The number of nitrogens with two attached hydrogens (primary N) is 1. The van der Waals surface area contributed by atoms with Crippen molar-refractivity contribution in [3.05, 3.63) is 53.4 Å². The van der Waals surface area contributed by atoms with Gasteiger partial charge in [-0.3, -0.25) is 4.79 Å². The summed E-state index contributed by atoms with van der Waals surface area (Å²) in [7, 11) is 3.16. The molecule has 0 fully saturated rings. The Morgan fingerprint density at radius 3 is 2.21 bits per heavy atom. The van der Waals surface area contributed by atoms with Gasteiger partial charge >= 0.3 is 0 Å². The third kappa shape index (κ3) is 6.81. The van der Waals surface area contributed by atoms with E-state index in [-0.39, 0.29) is 17.2 Å². The lowest BCUT2D eigenvalue weighted by atomic mass is 9.87. The van der Waals surface area contributed by atoms with E-state index in [1.54, 1.807) is 39.3 Å². The molecule has 33 heavy (non-hydrogen) atoms. The highest BCUT2D eigenvalue weighted by Crippen LogP contribution is 2.33. The van der Waals surface area contributed by atoms with Gasteiger partial charge in [-0.1, -0.05) is 33.8 Å². The smallest absolute Gasteiger partial charge is 0.273 e. The van der Waals surface area contributed by atoms with Crippen LogP contribution in [0.3, 0.4) is 0 Å². The topological polar surface area (TPSA) is 94.8 Å². The number of allylic oxidation sites excluding steroid dienone is 1. The summed E-state index contributed by atoms with van der Waals surface area (Å²) in [6.45, 7) is 12.1. The second-order valence-corrected chi connectivity index (χ2v) is 8.98. The van der Waals surface area contributed by atoms with Crippen molar-refractivity contribution < 1.29 is 19.0 Å². The Labute approximate surface area is 197 Å². The van der Waals surface area contributed by atoms with E-state index < -0.39 is 5.91 Å². The molecule has 0 aliphatic carbocycles. The SMILES string of the molecule is CCC(C)Oc1ccc(C(C)(C)C)cc1NC(=O)/C(N)=C(\C)Nc1cc(OC)ccc1OC. The monoisotopic (exact) mass is 455 g/mol. The second kappa shape index (κ2) is 11.0. The maximum absolute atomic E-state index is 13.0. The molecule has 1 unspecified atom stereocenters. The minimum absolute atomic E-state index is 0.0120. The first kappa shape index (κ1) is 25.9. The predicted octanol–water partition coefficient (Wildman–Crippen LogP) is 5.42. The van der Waals surface area contributed by atoms with Gasteiger partial charge in [-0.15, -0.1) is 0 Å². The molecule has 2 aromatic rings. The lowest BCUT2D eigenvalue weighted by Gasteiger charge is -2.23. The van der Waals surface area contributed by atoms with Crippen LogP contribution in [-0.4, -0.2) is 26.2 Å². The van der Waals surface area contributed by atoms with Crippen LogP contribution >= 0.6 is 0 Å². The van der Waals surface area contributed by atoms with Crippen LogP contribution in [0.15, 0.2) is 47.8 Å². The summed E-state index contributed by atoms with van der Waals surface area (Å²) >= 11 is 0. The van der Waals surface area contributed by atoms with E-state index in [1.165, 1.54) is 0 Å². The van der Waals surface area contributed by atoms with Gasteiger partial charge in [0.2, 0.25) is 0 Å². The number of hydrogen-bond donors (Lipinski definition) is 3. The zero-order valence-electron chi connectivity index (χ0n) is 21.0. The number of methoxy groups -OCH3 is 2.